The Balaban J connectivity index is 1.64. The lowest BCUT2D eigenvalue weighted by molar-refractivity contribution is -0.219. The van der Waals surface area contributed by atoms with E-state index in [4.69, 9.17) is 14.4 Å². The molecule has 0 aliphatic carbocycles. The summed E-state index contributed by atoms with van der Waals surface area (Å²) in [4.78, 5) is 10.7. The highest BCUT2D eigenvalue weighted by atomic mass is 32.1. The molecule has 2 aliphatic rings. The summed E-state index contributed by atoms with van der Waals surface area (Å²) in [5.41, 5.74) is 0.718. The van der Waals surface area contributed by atoms with E-state index in [1.54, 1.807) is 23.7 Å². The minimum absolute atomic E-state index is 0.0776. The fourth-order valence-corrected chi connectivity index (χ4v) is 4.98. The third-order valence-electron chi connectivity index (χ3n) is 5.61. The Morgan fingerprint density at radius 3 is 2.74 bits per heavy atom. The largest absolute Gasteiger partial charge is 0.423 e. The number of fused-ring (bicyclic) bond motifs is 3. The second-order valence-electron chi connectivity index (χ2n) is 7.65. The van der Waals surface area contributed by atoms with E-state index in [1.807, 2.05) is 4.90 Å². The molecule has 3 atom stereocenters. The first kappa shape index (κ1) is 20.2. The molecule has 7 nitrogen and oxygen atoms in total. The van der Waals surface area contributed by atoms with Crippen LogP contribution in [0.2, 0.25) is 0 Å². The third kappa shape index (κ3) is 3.75. The van der Waals surface area contributed by atoms with Gasteiger partial charge in [-0.15, -0.1) is 11.3 Å². The van der Waals surface area contributed by atoms with Gasteiger partial charge in [-0.1, -0.05) is 6.07 Å². The van der Waals surface area contributed by atoms with Crippen molar-refractivity contribution in [1.82, 2.24) is 15.3 Å². The topological polar surface area (TPSA) is 87.2 Å². The van der Waals surface area contributed by atoms with Gasteiger partial charge in [0.25, 0.3) is 6.01 Å². The van der Waals surface area contributed by atoms with E-state index >= 15 is 0 Å². The van der Waals surface area contributed by atoms with Crippen LogP contribution in [-0.2, 0) is 4.74 Å². The van der Waals surface area contributed by atoms with E-state index < -0.39 is 18.9 Å². The quantitative estimate of drug-likeness (QED) is 0.629. The Morgan fingerprint density at radius 2 is 2.10 bits per heavy atom. The number of rotatable bonds is 5. The molecule has 3 aromatic rings. The minimum Gasteiger partial charge on any atom is -0.423 e. The number of piperazine rings is 1. The van der Waals surface area contributed by atoms with Crippen LogP contribution in [0, 0.1) is 11.3 Å². The molecule has 2 aromatic heterocycles. The maximum atomic E-state index is 13.8. The zero-order valence-electron chi connectivity index (χ0n) is 16.2. The number of anilines is 1. The van der Waals surface area contributed by atoms with Crippen molar-refractivity contribution in [3.63, 3.8) is 0 Å². The number of thiazole rings is 1. The first-order valence-electron chi connectivity index (χ1n) is 9.83. The van der Waals surface area contributed by atoms with Crippen LogP contribution in [0.3, 0.4) is 0 Å². The van der Waals surface area contributed by atoms with E-state index in [1.165, 1.54) is 17.4 Å². The molecule has 1 N–H and O–H groups in total. The van der Waals surface area contributed by atoms with Crippen LogP contribution < -0.4 is 10.2 Å². The second-order valence-corrected chi connectivity index (χ2v) is 8.54. The Bertz CT molecular complexity index is 1110. The summed E-state index contributed by atoms with van der Waals surface area (Å²) >= 11 is 1.36. The molecule has 0 saturated carbocycles. The number of benzene rings is 1. The maximum absolute atomic E-state index is 13.8. The van der Waals surface area contributed by atoms with Crippen LogP contribution >= 0.6 is 11.3 Å². The normalized spacial score (nSPS) is 22.1. The predicted octanol–water partition coefficient (Wildman–Crippen LogP) is 4.04. The number of nitrogens with zero attached hydrogens (tertiary/aromatic N) is 4. The minimum atomic E-state index is -4.71. The van der Waals surface area contributed by atoms with Gasteiger partial charge in [0.15, 0.2) is 11.7 Å². The Labute approximate surface area is 179 Å². The first-order chi connectivity index (χ1) is 14.9. The molecule has 3 unspecified atom stereocenters. The molecule has 5 rings (SSSR count). The number of oxazole rings is 1. The fourth-order valence-electron chi connectivity index (χ4n) is 4.32. The van der Waals surface area contributed by atoms with Crippen LogP contribution in [0.15, 0.2) is 28.1 Å². The van der Waals surface area contributed by atoms with Crippen LogP contribution in [-0.4, -0.2) is 47.9 Å². The molecule has 1 aromatic carbocycles. The van der Waals surface area contributed by atoms with Crippen molar-refractivity contribution in [1.29, 1.82) is 5.26 Å². The van der Waals surface area contributed by atoms with E-state index in [9.17, 15) is 13.2 Å². The van der Waals surface area contributed by atoms with E-state index in [0.29, 0.717) is 41.8 Å². The van der Waals surface area contributed by atoms with Gasteiger partial charge in [0.2, 0.25) is 0 Å². The van der Waals surface area contributed by atoms with E-state index in [0.717, 1.165) is 12.8 Å². The van der Waals surface area contributed by atoms with Crippen molar-refractivity contribution in [2.75, 3.05) is 24.6 Å². The Hall–Kier alpha value is -2.68. The number of ether oxygens (including phenoxy) is 1. The summed E-state index contributed by atoms with van der Waals surface area (Å²) < 4.78 is 52.3. The maximum Gasteiger partial charge on any atom is 0.418 e. The van der Waals surface area contributed by atoms with Gasteiger partial charge in [0.1, 0.15) is 17.1 Å². The molecular weight excluding hydrogens is 431 g/mol. The lowest BCUT2D eigenvalue weighted by Crippen LogP contribution is -2.51. The molecule has 4 heterocycles. The molecule has 0 spiro atoms. The average Bonchev–Trinajstić information content (AvgIpc) is 3.47. The zero-order chi connectivity index (χ0) is 21.6. The van der Waals surface area contributed by atoms with Gasteiger partial charge in [-0.25, -0.2) is 4.98 Å². The molecule has 162 valence electrons. The fraction of sp³-hybridized carbons (Fsp3) is 0.450. The summed E-state index contributed by atoms with van der Waals surface area (Å²) in [5.74, 6) is 0. The molecular formula is C20H18F3N5O2S. The lowest BCUT2D eigenvalue weighted by Gasteiger charge is -2.31. The number of nitrogens with one attached hydrogen (secondary N) is 1. The molecule has 2 bridgehead atoms. The van der Waals surface area contributed by atoms with Crippen LogP contribution in [0.25, 0.3) is 21.7 Å². The number of halogens is 3. The smallest absolute Gasteiger partial charge is 0.418 e. The summed E-state index contributed by atoms with van der Waals surface area (Å²) in [6.45, 7) is 0.670. The Morgan fingerprint density at radius 1 is 1.32 bits per heavy atom. The summed E-state index contributed by atoms with van der Waals surface area (Å²) in [6.07, 6.45) is -3.26. The molecule has 11 heteroatoms. The number of aromatic nitrogens is 2. The van der Waals surface area contributed by atoms with Gasteiger partial charge in [-0.05, 0) is 18.9 Å². The molecule has 31 heavy (non-hydrogen) atoms. The average molecular weight is 449 g/mol. The standard InChI is InChI=1S/C20H18F3N5O2S/c21-20(22,23)17(29-7-5-24)13-3-4-14(18-25-6-8-31-18)16-15(13)27-19(30-16)28-9-11-1-2-12(10-28)26-11/h3-4,6,8,11-12,17,26H,1-2,7,9-10H2. The predicted molar refractivity (Wildman–Crippen MR) is 108 cm³/mol. The van der Waals surface area contributed by atoms with Crippen molar-refractivity contribution in [3.8, 4) is 16.6 Å². The third-order valence-corrected chi connectivity index (χ3v) is 6.41. The number of nitriles is 1. The molecule has 2 fully saturated rings. The van der Waals surface area contributed by atoms with E-state index in [2.05, 4.69) is 15.3 Å². The summed E-state index contributed by atoms with van der Waals surface area (Å²) in [5, 5.41) is 14.7. The van der Waals surface area contributed by atoms with Crippen molar-refractivity contribution in [3.05, 3.63) is 29.3 Å². The van der Waals surface area contributed by atoms with Gasteiger partial charge in [-0.2, -0.15) is 23.4 Å². The van der Waals surface area contributed by atoms with Crippen LogP contribution in [0.5, 0.6) is 0 Å². The van der Waals surface area contributed by atoms with Gasteiger partial charge >= 0.3 is 6.18 Å². The number of alkyl halides is 3. The zero-order valence-corrected chi connectivity index (χ0v) is 17.0. The lowest BCUT2D eigenvalue weighted by atomic mass is 10.0. The summed E-state index contributed by atoms with van der Waals surface area (Å²) in [6, 6.07) is 5.40. The van der Waals surface area contributed by atoms with Crippen molar-refractivity contribution >= 4 is 28.5 Å². The SMILES string of the molecule is N#CCOC(c1ccc(-c2nccs2)c2oc(N3CC4CCC(C3)N4)nc12)C(F)(F)F. The molecule has 0 radical (unpaired) electrons. The van der Waals surface area contributed by atoms with Gasteiger partial charge in [0, 0.05) is 42.3 Å². The van der Waals surface area contributed by atoms with Crippen molar-refractivity contribution < 1.29 is 22.3 Å². The van der Waals surface area contributed by atoms with Crippen molar-refractivity contribution in [2.45, 2.75) is 37.2 Å². The summed E-state index contributed by atoms with van der Waals surface area (Å²) in [7, 11) is 0. The van der Waals surface area contributed by atoms with Crippen LogP contribution in [0.4, 0.5) is 19.2 Å². The van der Waals surface area contributed by atoms with E-state index in [-0.39, 0.29) is 16.7 Å². The number of hydrogen-bond donors (Lipinski definition) is 1. The molecule has 2 aliphatic heterocycles. The first-order valence-corrected chi connectivity index (χ1v) is 10.7. The highest BCUT2D eigenvalue weighted by Crippen LogP contribution is 2.43. The van der Waals surface area contributed by atoms with Gasteiger partial charge in [-0.3, -0.25) is 0 Å². The Kier molecular flexibility index (Phi) is 5.08. The second kappa shape index (κ2) is 7.78. The van der Waals surface area contributed by atoms with Gasteiger partial charge in [0.05, 0.1) is 11.6 Å². The van der Waals surface area contributed by atoms with Crippen molar-refractivity contribution in [2.24, 2.45) is 0 Å². The molecule has 2 saturated heterocycles. The van der Waals surface area contributed by atoms with Gasteiger partial charge < -0.3 is 19.4 Å². The number of hydrogen-bond acceptors (Lipinski definition) is 8. The molecule has 0 amide bonds. The monoisotopic (exact) mass is 449 g/mol. The highest BCUT2D eigenvalue weighted by molar-refractivity contribution is 7.13. The highest BCUT2D eigenvalue weighted by Gasteiger charge is 2.44. The van der Waals surface area contributed by atoms with Crippen LogP contribution in [0.1, 0.15) is 24.5 Å².